The van der Waals surface area contributed by atoms with Crippen molar-refractivity contribution in [1.82, 2.24) is 4.98 Å². The van der Waals surface area contributed by atoms with Crippen LogP contribution in [0.4, 0.5) is 8.78 Å². The van der Waals surface area contributed by atoms with Gasteiger partial charge in [0.05, 0.1) is 6.04 Å². The van der Waals surface area contributed by atoms with Crippen molar-refractivity contribution < 1.29 is 8.78 Å². The van der Waals surface area contributed by atoms with Crippen molar-refractivity contribution in [2.24, 2.45) is 5.73 Å². The first kappa shape index (κ1) is 11.8. The van der Waals surface area contributed by atoms with Crippen LogP contribution in [-0.2, 0) is 6.42 Å². The van der Waals surface area contributed by atoms with E-state index in [1.54, 1.807) is 0 Å². The number of hydrogen-bond acceptors (Lipinski definition) is 2. The number of hydrogen-bond donors (Lipinski definition) is 1. The number of nitrogens with zero attached hydrogens (tertiary/aromatic N) is 1. The molecule has 1 aromatic rings. The van der Waals surface area contributed by atoms with Crippen LogP contribution in [0.2, 0.25) is 5.15 Å². The van der Waals surface area contributed by atoms with E-state index in [1.165, 1.54) is 12.3 Å². The van der Waals surface area contributed by atoms with Gasteiger partial charge in [0.25, 0.3) is 6.43 Å². The summed E-state index contributed by atoms with van der Waals surface area (Å²) in [5.41, 5.74) is 5.87. The third kappa shape index (κ3) is 3.15. The first-order valence-corrected chi connectivity index (χ1v) is 5.01. The summed E-state index contributed by atoms with van der Waals surface area (Å²) in [5.74, 6) is 0. The van der Waals surface area contributed by atoms with Gasteiger partial charge in [-0.3, -0.25) is 0 Å². The largest absolute Gasteiger partial charge is 0.323 e. The van der Waals surface area contributed by atoms with Crippen molar-refractivity contribution in [1.29, 1.82) is 0 Å². The van der Waals surface area contributed by atoms with Crippen LogP contribution >= 0.6 is 27.5 Å². The number of rotatable bonds is 3. The van der Waals surface area contributed by atoms with Crippen molar-refractivity contribution in [3.05, 3.63) is 27.5 Å². The van der Waals surface area contributed by atoms with E-state index < -0.39 is 12.5 Å². The maximum absolute atomic E-state index is 12.2. The summed E-state index contributed by atoms with van der Waals surface area (Å²) in [4.78, 5) is 3.78. The fraction of sp³-hybridized carbons (Fsp3) is 0.375. The summed E-state index contributed by atoms with van der Waals surface area (Å²) >= 11 is 8.81. The van der Waals surface area contributed by atoms with Crippen LogP contribution in [0.3, 0.4) is 0 Å². The Morgan fingerprint density at radius 1 is 1.57 bits per heavy atom. The number of pyridine rings is 1. The second-order valence-corrected chi connectivity index (χ2v) is 4.04. The molecule has 0 saturated carbocycles. The summed E-state index contributed by atoms with van der Waals surface area (Å²) < 4.78 is 25.0. The van der Waals surface area contributed by atoms with Crippen molar-refractivity contribution in [2.75, 3.05) is 0 Å². The molecule has 0 spiro atoms. The highest BCUT2D eigenvalue weighted by molar-refractivity contribution is 9.10. The molecule has 78 valence electrons. The van der Waals surface area contributed by atoms with E-state index in [9.17, 15) is 8.78 Å². The molecule has 0 fully saturated rings. The molecule has 0 bridgehead atoms. The van der Waals surface area contributed by atoms with E-state index in [4.69, 9.17) is 17.3 Å². The van der Waals surface area contributed by atoms with Gasteiger partial charge in [0, 0.05) is 10.7 Å². The number of alkyl halides is 2. The second-order valence-electron chi connectivity index (χ2n) is 2.80. The Hall–Kier alpha value is -0.260. The summed E-state index contributed by atoms with van der Waals surface area (Å²) in [7, 11) is 0. The van der Waals surface area contributed by atoms with Crippen molar-refractivity contribution in [3.63, 3.8) is 0 Å². The molecule has 0 amide bonds. The quantitative estimate of drug-likeness (QED) is 0.867. The van der Waals surface area contributed by atoms with Gasteiger partial charge in [-0.15, -0.1) is 0 Å². The fourth-order valence-corrected chi connectivity index (χ4v) is 1.51. The van der Waals surface area contributed by atoms with Crippen LogP contribution in [0.1, 0.15) is 5.56 Å². The minimum absolute atomic E-state index is 0.0699. The van der Waals surface area contributed by atoms with Crippen molar-refractivity contribution in [3.8, 4) is 0 Å². The van der Waals surface area contributed by atoms with Crippen LogP contribution in [-0.4, -0.2) is 17.5 Å². The van der Waals surface area contributed by atoms with Gasteiger partial charge in [-0.25, -0.2) is 13.8 Å². The molecular formula is C8H8BrClF2N2. The number of halogens is 4. The third-order valence-corrected chi connectivity index (χ3v) is 2.60. The zero-order valence-electron chi connectivity index (χ0n) is 7.05. The maximum atomic E-state index is 12.2. The standard InChI is InChI=1S/C8H8BrClF2N2/c9-5-3-14-7(10)2-4(5)1-6(13)8(11)12/h2-3,6,8H,1,13H2. The highest BCUT2D eigenvalue weighted by Crippen LogP contribution is 2.20. The van der Waals surface area contributed by atoms with E-state index >= 15 is 0 Å². The Kier molecular flexibility index (Phi) is 4.22. The maximum Gasteiger partial charge on any atom is 0.253 e. The summed E-state index contributed by atoms with van der Waals surface area (Å²) in [6.07, 6.45) is -0.995. The molecule has 6 heteroatoms. The van der Waals surface area contributed by atoms with Crippen LogP contribution in [0, 0.1) is 0 Å². The average molecular weight is 286 g/mol. The predicted molar refractivity (Wildman–Crippen MR) is 54.6 cm³/mol. The average Bonchev–Trinajstić information content (AvgIpc) is 2.11. The minimum atomic E-state index is -2.53. The molecule has 0 aliphatic heterocycles. The van der Waals surface area contributed by atoms with Crippen LogP contribution in [0.15, 0.2) is 16.7 Å². The Morgan fingerprint density at radius 3 is 2.79 bits per heavy atom. The lowest BCUT2D eigenvalue weighted by Crippen LogP contribution is -2.31. The van der Waals surface area contributed by atoms with Gasteiger partial charge in [-0.05, 0) is 34.0 Å². The SMILES string of the molecule is NC(Cc1cc(Cl)ncc1Br)C(F)F. The zero-order valence-corrected chi connectivity index (χ0v) is 9.39. The van der Waals surface area contributed by atoms with Gasteiger partial charge in [-0.2, -0.15) is 0 Å². The van der Waals surface area contributed by atoms with Crippen LogP contribution < -0.4 is 5.73 Å². The van der Waals surface area contributed by atoms with Crippen molar-refractivity contribution in [2.45, 2.75) is 18.9 Å². The van der Waals surface area contributed by atoms with Gasteiger partial charge in [0.2, 0.25) is 0 Å². The number of aromatic nitrogens is 1. The van der Waals surface area contributed by atoms with Gasteiger partial charge in [-0.1, -0.05) is 11.6 Å². The summed E-state index contributed by atoms with van der Waals surface area (Å²) in [5, 5.41) is 0.268. The monoisotopic (exact) mass is 284 g/mol. The van der Waals surface area contributed by atoms with Gasteiger partial charge >= 0.3 is 0 Å². The predicted octanol–water partition coefficient (Wildman–Crippen LogP) is 2.63. The van der Waals surface area contributed by atoms with Crippen LogP contribution in [0.5, 0.6) is 0 Å². The van der Waals surface area contributed by atoms with Crippen LogP contribution in [0.25, 0.3) is 0 Å². The normalized spacial score (nSPS) is 13.3. The molecule has 1 rings (SSSR count). The number of nitrogens with two attached hydrogens (primary N) is 1. The summed E-state index contributed by atoms with van der Waals surface area (Å²) in [6.45, 7) is 0. The van der Waals surface area contributed by atoms with Gasteiger partial charge in [0.15, 0.2) is 0 Å². The first-order valence-electron chi connectivity index (χ1n) is 3.84. The molecule has 1 aromatic heterocycles. The zero-order chi connectivity index (χ0) is 10.7. The summed E-state index contributed by atoms with van der Waals surface area (Å²) in [6, 6.07) is 0.346. The van der Waals surface area contributed by atoms with E-state index in [-0.39, 0.29) is 11.6 Å². The molecule has 0 radical (unpaired) electrons. The molecule has 2 N–H and O–H groups in total. The highest BCUT2D eigenvalue weighted by Gasteiger charge is 2.17. The molecular weight excluding hydrogens is 277 g/mol. The first-order chi connectivity index (χ1) is 6.50. The smallest absolute Gasteiger partial charge is 0.253 e. The molecule has 1 atom stereocenters. The Balaban J connectivity index is 2.80. The molecule has 0 aliphatic rings. The lowest BCUT2D eigenvalue weighted by molar-refractivity contribution is 0.116. The van der Waals surface area contributed by atoms with Gasteiger partial charge < -0.3 is 5.73 Å². The third-order valence-electron chi connectivity index (χ3n) is 1.68. The topological polar surface area (TPSA) is 38.9 Å². The lowest BCUT2D eigenvalue weighted by Gasteiger charge is -2.11. The minimum Gasteiger partial charge on any atom is -0.323 e. The Labute approximate surface area is 93.6 Å². The molecule has 1 unspecified atom stereocenters. The van der Waals surface area contributed by atoms with E-state index in [1.807, 2.05) is 0 Å². The fourth-order valence-electron chi connectivity index (χ4n) is 0.951. The Bertz CT molecular complexity index is 322. The van der Waals surface area contributed by atoms with Crippen molar-refractivity contribution >= 4 is 27.5 Å². The molecule has 14 heavy (non-hydrogen) atoms. The molecule has 2 nitrogen and oxygen atoms in total. The molecule has 0 aliphatic carbocycles. The molecule has 1 heterocycles. The van der Waals surface area contributed by atoms with E-state index in [0.717, 1.165) is 0 Å². The molecule has 0 aromatic carbocycles. The van der Waals surface area contributed by atoms with Gasteiger partial charge in [0.1, 0.15) is 5.15 Å². The highest BCUT2D eigenvalue weighted by atomic mass is 79.9. The molecule has 0 saturated heterocycles. The second kappa shape index (κ2) is 5.00. The Morgan fingerprint density at radius 2 is 2.21 bits per heavy atom. The van der Waals surface area contributed by atoms with E-state index in [0.29, 0.717) is 10.0 Å². The lowest BCUT2D eigenvalue weighted by atomic mass is 10.1. The van der Waals surface area contributed by atoms with E-state index in [2.05, 4.69) is 20.9 Å².